The zero-order chi connectivity index (χ0) is 27.5. The zero-order valence-electron chi connectivity index (χ0n) is 23.5. The van der Waals surface area contributed by atoms with Gasteiger partial charge in [0.15, 0.2) is 0 Å². The molecule has 0 spiro atoms. The van der Waals surface area contributed by atoms with Gasteiger partial charge in [0.05, 0.1) is 17.9 Å². The number of rotatable bonds is 4. The van der Waals surface area contributed by atoms with Crippen LogP contribution in [0.15, 0.2) is 36.5 Å². The SMILES string of the molecule is CCC(=O)N1c2ccc(N3CC4CCC3CN4C(=O)CC)cc2N(C(=O)C2CC(C)(C)C2)Cc2cccnc21. The van der Waals surface area contributed by atoms with Crippen molar-refractivity contribution in [3.8, 4) is 0 Å². The molecule has 4 fully saturated rings. The van der Waals surface area contributed by atoms with Gasteiger partial charge >= 0.3 is 0 Å². The number of piperazine rings is 1. The summed E-state index contributed by atoms with van der Waals surface area (Å²) in [7, 11) is 0. The van der Waals surface area contributed by atoms with Crippen molar-refractivity contribution in [1.29, 1.82) is 0 Å². The third kappa shape index (κ3) is 4.38. The van der Waals surface area contributed by atoms with Crippen LogP contribution in [0.3, 0.4) is 0 Å². The number of hydrogen-bond acceptors (Lipinski definition) is 5. The fraction of sp³-hybridized carbons (Fsp3) is 0.548. The van der Waals surface area contributed by atoms with Gasteiger partial charge in [0.1, 0.15) is 5.82 Å². The molecule has 7 rings (SSSR count). The Kier molecular flexibility index (Phi) is 6.39. The molecule has 3 amide bonds. The minimum atomic E-state index is -0.0474. The number of pyridine rings is 1. The molecule has 8 nitrogen and oxygen atoms in total. The second-order valence-corrected chi connectivity index (χ2v) is 12.4. The van der Waals surface area contributed by atoms with Gasteiger partial charge in [-0.3, -0.25) is 19.3 Å². The summed E-state index contributed by atoms with van der Waals surface area (Å²) in [4.78, 5) is 52.7. The van der Waals surface area contributed by atoms with Gasteiger partial charge in [0, 0.05) is 61.4 Å². The summed E-state index contributed by atoms with van der Waals surface area (Å²) < 4.78 is 0. The van der Waals surface area contributed by atoms with Crippen LogP contribution < -0.4 is 14.7 Å². The number of hydrogen-bond donors (Lipinski definition) is 0. The van der Waals surface area contributed by atoms with Crippen LogP contribution in [0.1, 0.15) is 71.8 Å². The molecular weight excluding hydrogens is 490 g/mol. The lowest BCUT2D eigenvalue weighted by Crippen LogP contribution is -2.64. The molecule has 2 atom stereocenters. The quantitative estimate of drug-likeness (QED) is 0.555. The number of amides is 3. The molecule has 5 heterocycles. The average Bonchev–Trinajstić information content (AvgIpc) is 3.09. The van der Waals surface area contributed by atoms with Crippen LogP contribution in [0.5, 0.6) is 0 Å². The highest BCUT2D eigenvalue weighted by Crippen LogP contribution is 2.49. The molecule has 5 aliphatic rings. The Morgan fingerprint density at radius 1 is 0.949 bits per heavy atom. The molecule has 1 aliphatic carbocycles. The molecule has 3 saturated heterocycles. The van der Waals surface area contributed by atoms with Gasteiger partial charge in [0.25, 0.3) is 0 Å². The lowest BCUT2D eigenvalue weighted by molar-refractivity contribution is -0.136. The summed E-state index contributed by atoms with van der Waals surface area (Å²) in [6, 6.07) is 10.5. The number of fused-ring (bicyclic) bond motifs is 5. The molecule has 0 radical (unpaired) electrons. The second-order valence-electron chi connectivity index (χ2n) is 12.4. The van der Waals surface area contributed by atoms with Crippen LogP contribution in [0, 0.1) is 11.3 Å². The van der Waals surface area contributed by atoms with Crippen molar-refractivity contribution in [3.63, 3.8) is 0 Å². The van der Waals surface area contributed by atoms with Crippen LogP contribution >= 0.6 is 0 Å². The van der Waals surface area contributed by atoms with Gasteiger partial charge in [-0.25, -0.2) is 4.98 Å². The Morgan fingerprint density at radius 2 is 1.69 bits per heavy atom. The first-order chi connectivity index (χ1) is 18.7. The number of nitrogens with zero attached hydrogens (tertiary/aromatic N) is 5. The molecule has 1 saturated carbocycles. The normalized spacial score (nSPS) is 23.6. The Balaban J connectivity index is 1.42. The minimum Gasteiger partial charge on any atom is -0.365 e. The van der Waals surface area contributed by atoms with Gasteiger partial charge in [-0.15, -0.1) is 0 Å². The fourth-order valence-corrected chi connectivity index (χ4v) is 7.15. The Morgan fingerprint density at radius 3 is 2.36 bits per heavy atom. The van der Waals surface area contributed by atoms with Crippen molar-refractivity contribution in [2.75, 3.05) is 27.8 Å². The third-order valence-corrected chi connectivity index (χ3v) is 9.15. The third-order valence-electron chi connectivity index (χ3n) is 9.15. The summed E-state index contributed by atoms with van der Waals surface area (Å²) in [6.07, 6.45) is 6.39. The lowest BCUT2D eigenvalue weighted by Gasteiger charge is -2.52. The van der Waals surface area contributed by atoms with E-state index in [0.29, 0.717) is 30.9 Å². The van der Waals surface area contributed by atoms with Crippen LogP contribution in [-0.4, -0.2) is 52.8 Å². The molecule has 1 aromatic carbocycles. The maximum Gasteiger partial charge on any atom is 0.232 e. The van der Waals surface area contributed by atoms with E-state index in [1.54, 1.807) is 11.1 Å². The number of piperidine rings is 2. The van der Waals surface area contributed by atoms with Crippen molar-refractivity contribution >= 4 is 40.6 Å². The maximum atomic E-state index is 14.0. The highest BCUT2D eigenvalue weighted by Gasteiger charge is 2.45. The van der Waals surface area contributed by atoms with E-state index in [-0.39, 0.29) is 41.1 Å². The van der Waals surface area contributed by atoms with Crippen molar-refractivity contribution in [1.82, 2.24) is 9.88 Å². The predicted molar refractivity (Wildman–Crippen MR) is 152 cm³/mol. The maximum absolute atomic E-state index is 14.0. The first kappa shape index (κ1) is 25.8. The molecule has 39 heavy (non-hydrogen) atoms. The molecule has 1 aromatic heterocycles. The summed E-state index contributed by atoms with van der Waals surface area (Å²) in [5, 5.41) is 0. The number of benzene rings is 1. The number of carbonyl (C=O) groups is 3. The van der Waals surface area contributed by atoms with Gasteiger partial charge < -0.3 is 14.7 Å². The first-order valence-electron chi connectivity index (χ1n) is 14.5. The highest BCUT2D eigenvalue weighted by atomic mass is 16.2. The Bertz CT molecular complexity index is 1320. The molecule has 2 bridgehead atoms. The monoisotopic (exact) mass is 529 g/mol. The van der Waals surface area contributed by atoms with E-state index in [0.717, 1.165) is 55.7 Å². The molecule has 2 aromatic rings. The van der Waals surface area contributed by atoms with Crippen molar-refractivity contribution in [3.05, 3.63) is 42.1 Å². The smallest absolute Gasteiger partial charge is 0.232 e. The largest absolute Gasteiger partial charge is 0.365 e. The number of carbonyl (C=O) groups excluding carboxylic acids is 3. The van der Waals surface area contributed by atoms with E-state index in [2.05, 4.69) is 40.8 Å². The summed E-state index contributed by atoms with van der Waals surface area (Å²) >= 11 is 0. The molecule has 8 heteroatoms. The van der Waals surface area contributed by atoms with E-state index in [4.69, 9.17) is 0 Å². The van der Waals surface area contributed by atoms with Crippen LogP contribution in [-0.2, 0) is 20.9 Å². The summed E-state index contributed by atoms with van der Waals surface area (Å²) in [5.41, 5.74) is 3.57. The Labute approximate surface area is 231 Å². The Hall–Kier alpha value is -3.42. The molecule has 206 valence electrons. The number of aromatic nitrogens is 1. The van der Waals surface area contributed by atoms with Crippen molar-refractivity contribution in [2.45, 2.75) is 84.8 Å². The summed E-state index contributed by atoms with van der Waals surface area (Å²) in [5.74, 6) is 0.880. The van der Waals surface area contributed by atoms with E-state index >= 15 is 0 Å². The van der Waals surface area contributed by atoms with Gasteiger partial charge in [0.2, 0.25) is 17.7 Å². The second kappa shape index (κ2) is 9.65. The highest BCUT2D eigenvalue weighted by molar-refractivity contribution is 6.08. The molecule has 2 unspecified atom stereocenters. The van der Waals surface area contributed by atoms with Crippen LogP contribution in [0.25, 0.3) is 0 Å². The fourth-order valence-electron chi connectivity index (χ4n) is 7.15. The van der Waals surface area contributed by atoms with E-state index in [1.165, 1.54) is 0 Å². The standard InChI is InChI=1S/C31H39N5O3/c1-5-27(37)34-19-23-9-10-24(34)18-33(23)22-11-12-25-26(14-22)35(30(39)21-15-31(3,4)16-21)17-20-8-7-13-32-29(20)36(25)28(38)6-2/h7-8,11-14,21,23-24H,5-6,9-10,15-19H2,1-4H3. The van der Waals surface area contributed by atoms with Crippen LogP contribution in [0.4, 0.5) is 22.9 Å². The van der Waals surface area contributed by atoms with Gasteiger partial charge in [-0.05, 0) is 55.4 Å². The van der Waals surface area contributed by atoms with Gasteiger partial charge in [-0.1, -0.05) is 33.8 Å². The summed E-state index contributed by atoms with van der Waals surface area (Å²) in [6.45, 7) is 10.1. The first-order valence-corrected chi connectivity index (χ1v) is 14.5. The molecule has 4 aliphatic heterocycles. The zero-order valence-corrected chi connectivity index (χ0v) is 23.5. The minimum absolute atomic E-state index is 0.0235. The van der Waals surface area contributed by atoms with Crippen LogP contribution in [0.2, 0.25) is 0 Å². The predicted octanol–water partition coefficient (Wildman–Crippen LogP) is 5.03. The van der Waals surface area contributed by atoms with E-state index in [1.807, 2.05) is 36.9 Å². The van der Waals surface area contributed by atoms with E-state index in [9.17, 15) is 14.4 Å². The molecule has 0 N–H and O–H groups in total. The number of anilines is 4. The molecular formula is C31H39N5O3. The van der Waals surface area contributed by atoms with E-state index < -0.39 is 0 Å². The van der Waals surface area contributed by atoms with Crippen molar-refractivity contribution in [2.24, 2.45) is 11.3 Å². The average molecular weight is 530 g/mol. The lowest BCUT2D eigenvalue weighted by atomic mass is 9.64. The topological polar surface area (TPSA) is 77.1 Å². The van der Waals surface area contributed by atoms with Gasteiger partial charge in [-0.2, -0.15) is 0 Å². The van der Waals surface area contributed by atoms with Crippen molar-refractivity contribution < 1.29 is 14.4 Å².